The van der Waals surface area contributed by atoms with Gasteiger partial charge in [0.05, 0.1) is 11.9 Å². The average Bonchev–Trinajstić information content (AvgIpc) is 3.26. The predicted octanol–water partition coefficient (Wildman–Crippen LogP) is 2.81. The van der Waals surface area contributed by atoms with E-state index in [0.29, 0.717) is 12.1 Å². The monoisotopic (exact) mass is 280 g/mol. The molecule has 0 amide bonds. The van der Waals surface area contributed by atoms with E-state index in [1.165, 1.54) is 24.1 Å². The Balaban J connectivity index is 1.61. The summed E-state index contributed by atoms with van der Waals surface area (Å²) in [5, 5.41) is 3.50. The summed E-state index contributed by atoms with van der Waals surface area (Å²) in [6.07, 6.45) is 7.40. The van der Waals surface area contributed by atoms with Crippen LogP contribution in [0, 0.1) is 0 Å². The summed E-state index contributed by atoms with van der Waals surface area (Å²) in [7, 11) is 0. The van der Waals surface area contributed by atoms with Crippen LogP contribution in [0.4, 0.5) is 11.5 Å². The number of para-hydroxylation sites is 1. The van der Waals surface area contributed by atoms with Gasteiger partial charge in [0.1, 0.15) is 0 Å². The molecule has 0 spiro atoms. The first-order valence-corrected chi connectivity index (χ1v) is 7.73. The molecule has 1 aliphatic heterocycles. The van der Waals surface area contributed by atoms with Gasteiger partial charge in [-0.3, -0.25) is 4.98 Å². The first-order chi connectivity index (χ1) is 10.3. The number of nitrogens with one attached hydrogen (secondary N) is 1. The Morgan fingerprint density at radius 3 is 2.95 bits per heavy atom. The maximum absolute atomic E-state index is 4.80. The molecule has 1 aliphatic carbocycles. The summed E-state index contributed by atoms with van der Waals surface area (Å²) in [4.78, 5) is 11.5. The first-order valence-electron chi connectivity index (χ1n) is 7.73. The van der Waals surface area contributed by atoms with Crippen molar-refractivity contribution in [2.45, 2.75) is 44.8 Å². The molecular weight excluding hydrogens is 260 g/mol. The van der Waals surface area contributed by atoms with Crippen LogP contribution in [-0.4, -0.2) is 22.1 Å². The molecule has 0 saturated heterocycles. The lowest BCUT2D eigenvalue weighted by atomic mass is 10.1. The van der Waals surface area contributed by atoms with Gasteiger partial charge >= 0.3 is 0 Å². The Morgan fingerprint density at radius 1 is 1.24 bits per heavy atom. The lowest BCUT2D eigenvalue weighted by Gasteiger charge is -2.23. The van der Waals surface area contributed by atoms with E-state index in [1.54, 1.807) is 0 Å². The molecule has 1 unspecified atom stereocenters. The molecule has 0 bridgehead atoms. The highest BCUT2D eigenvalue weighted by atomic mass is 15.2. The van der Waals surface area contributed by atoms with Gasteiger partial charge in [-0.1, -0.05) is 18.2 Å². The normalized spacial score (nSPS) is 20.6. The van der Waals surface area contributed by atoms with Crippen LogP contribution in [0.25, 0.3) is 0 Å². The number of benzene rings is 1. The van der Waals surface area contributed by atoms with Crippen molar-refractivity contribution >= 4 is 11.5 Å². The number of rotatable bonds is 4. The number of fused-ring (bicyclic) bond motifs is 1. The van der Waals surface area contributed by atoms with Crippen molar-refractivity contribution < 1.29 is 0 Å². The second-order valence-corrected chi connectivity index (χ2v) is 6.08. The van der Waals surface area contributed by atoms with Crippen LogP contribution in [0.2, 0.25) is 0 Å². The number of anilines is 2. The summed E-state index contributed by atoms with van der Waals surface area (Å²) in [6.45, 7) is 3.06. The van der Waals surface area contributed by atoms with Gasteiger partial charge in [0.2, 0.25) is 0 Å². The van der Waals surface area contributed by atoms with E-state index in [2.05, 4.69) is 46.4 Å². The minimum atomic E-state index is 0.434. The summed E-state index contributed by atoms with van der Waals surface area (Å²) in [5.41, 5.74) is 3.69. The fourth-order valence-corrected chi connectivity index (χ4v) is 3.05. The van der Waals surface area contributed by atoms with E-state index < -0.39 is 0 Å². The SMILES string of the molecule is CC1Cc2ccccc2N1c1cncc(CNC2CC2)n1. The zero-order chi connectivity index (χ0) is 14.2. The molecule has 21 heavy (non-hydrogen) atoms. The summed E-state index contributed by atoms with van der Waals surface area (Å²) in [6, 6.07) is 9.71. The Bertz CT molecular complexity index is 651. The van der Waals surface area contributed by atoms with Gasteiger partial charge < -0.3 is 10.2 Å². The first kappa shape index (κ1) is 12.8. The smallest absolute Gasteiger partial charge is 0.152 e. The lowest BCUT2D eigenvalue weighted by molar-refractivity contribution is 0.668. The quantitative estimate of drug-likeness (QED) is 0.935. The maximum Gasteiger partial charge on any atom is 0.152 e. The van der Waals surface area contributed by atoms with Gasteiger partial charge in [-0.15, -0.1) is 0 Å². The van der Waals surface area contributed by atoms with Crippen molar-refractivity contribution in [3.8, 4) is 0 Å². The number of aromatic nitrogens is 2. The van der Waals surface area contributed by atoms with Crippen molar-refractivity contribution in [1.29, 1.82) is 0 Å². The average molecular weight is 280 g/mol. The van der Waals surface area contributed by atoms with E-state index in [0.717, 1.165) is 24.5 Å². The second kappa shape index (κ2) is 5.11. The lowest BCUT2D eigenvalue weighted by Crippen LogP contribution is -2.26. The van der Waals surface area contributed by atoms with Crippen molar-refractivity contribution in [2.75, 3.05) is 4.90 Å². The molecule has 0 radical (unpaired) electrons. The predicted molar refractivity (Wildman–Crippen MR) is 83.6 cm³/mol. The molecule has 1 aromatic heterocycles. The fraction of sp³-hybridized carbons (Fsp3) is 0.412. The van der Waals surface area contributed by atoms with Crippen LogP contribution >= 0.6 is 0 Å². The van der Waals surface area contributed by atoms with Crippen LogP contribution in [0.5, 0.6) is 0 Å². The molecule has 1 atom stereocenters. The molecule has 108 valence electrons. The summed E-state index contributed by atoms with van der Waals surface area (Å²) in [5.74, 6) is 0.961. The Hall–Kier alpha value is -1.94. The molecule has 4 rings (SSSR count). The highest BCUT2D eigenvalue weighted by molar-refractivity contribution is 5.68. The third kappa shape index (κ3) is 2.51. The molecular formula is C17H20N4. The van der Waals surface area contributed by atoms with Crippen molar-refractivity contribution in [3.05, 3.63) is 47.9 Å². The molecule has 1 N–H and O–H groups in total. The highest BCUT2D eigenvalue weighted by Crippen LogP contribution is 2.36. The third-order valence-electron chi connectivity index (χ3n) is 4.27. The van der Waals surface area contributed by atoms with Gasteiger partial charge in [-0.2, -0.15) is 0 Å². The molecule has 1 saturated carbocycles. The number of hydrogen-bond acceptors (Lipinski definition) is 4. The van der Waals surface area contributed by atoms with Crippen LogP contribution in [0.3, 0.4) is 0 Å². The maximum atomic E-state index is 4.80. The van der Waals surface area contributed by atoms with E-state index in [-0.39, 0.29) is 0 Å². The third-order valence-corrected chi connectivity index (χ3v) is 4.27. The van der Waals surface area contributed by atoms with Crippen molar-refractivity contribution in [3.63, 3.8) is 0 Å². The van der Waals surface area contributed by atoms with Gasteiger partial charge in [0.25, 0.3) is 0 Å². The van der Waals surface area contributed by atoms with E-state index >= 15 is 0 Å². The summed E-state index contributed by atoms with van der Waals surface area (Å²) < 4.78 is 0. The van der Waals surface area contributed by atoms with Crippen LogP contribution in [0.1, 0.15) is 31.0 Å². The molecule has 4 heteroatoms. The van der Waals surface area contributed by atoms with E-state index in [1.807, 2.05) is 12.4 Å². The fourth-order valence-electron chi connectivity index (χ4n) is 3.05. The van der Waals surface area contributed by atoms with Gasteiger partial charge in [-0.05, 0) is 37.8 Å². The minimum absolute atomic E-state index is 0.434. The van der Waals surface area contributed by atoms with E-state index in [9.17, 15) is 0 Å². The number of hydrogen-bond donors (Lipinski definition) is 1. The Morgan fingerprint density at radius 2 is 2.10 bits per heavy atom. The highest BCUT2D eigenvalue weighted by Gasteiger charge is 2.28. The molecule has 1 fully saturated rings. The van der Waals surface area contributed by atoms with Crippen LogP contribution < -0.4 is 10.2 Å². The van der Waals surface area contributed by atoms with Crippen molar-refractivity contribution in [2.24, 2.45) is 0 Å². The van der Waals surface area contributed by atoms with Gasteiger partial charge in [0.15, 0.2) is 5.82 Å². The van der Waals surface area contributed by atoms with Gasteiger partial charge in [0, 0.05) is 30.5 Å². The summed E-state index contributed by atoms with van der Waals surface area (Å²) >= 11 is 0. The standard InChI is InChI=1S/C17H20N4/c1-12-8-13-4-2-3-5-16(13)21(12)17-11-18-9-15(20-17)10-19-14-6-7-14/h2-5,9,11-12,14,19H,6-8,10H2,1H3. The molecule has 4 nitrogen and oxygen atoms in total. The largest absolute Gasteiger partial charge is 0.322 e. The zero-order valence-corrected chi connectivity index (χ0v) is 12.3. The second-order valence-electron chi connectivity index (χ2n) is 6.08. The molecule has 1 aromatic carbocycles. The Labute approximate surface area is 125 Å². The zero-order valence-electron chi connectivity index (χ0n) is 12.3. The van der Waals surface area contributed by atoms with Crippen LogP contribution in [0.15, 0.2) is 36.7 Å². The van der Waals surface area contributed by atoms with Crippen LogP contribution in [-0.2, 0) is 13.0 Å². The number of nitrogens with zero attached hydrogens (tertiary/aromatic N) is 3. The molecule has 2 heterocycles. The topological polar surface area (TPSA) is 41.1 Å². The van der Waals surface area contributed by atoms with Crippen molar-refractivity contribution in [1.82, 2.24) is 15.3 Å². The minimum Gasteiger partial charge on any atom is -0.322 e. The van der Waals surface area contributed by atoms with Gasteiger partial charge in [-0.25, -0.2) is 4.98 Å². The molecule has 2 aromatic rings. The Kier molecular flexibility index (Phi) is 3.11. The van der Waals surface area contributed by atoms with E-state index in [4.69, 9.17) is 4.98 Å². The molecule has 2 aliphatic rings.